The van der Waals surface area contributed by atoms with E-state index in [-0.39, 0.29) is 17.5 Å². The number of likely N-dealkylation sites (N-methyl/N-ethyl adjacent to an activating group) is 1. The molecule has 110 valence electrons. The minimum atomic E-state index is 0.0351. The van der Waals surface area contributed by atoms with Gasteiger partial charge >= 0.3 is 0 Å². The molecule has 3 unspecified atom stereocenters. The Morgan fingerprint density at radius 2 is 1.95 bits per heavy atom. The first kappa shape index (κ1) is 14.8. The Morgan fingerprint density at radius 1 is 1.26 bits per heavy atom. The number of amides is 1. The number of carbonyl (C=O) groups is 1. The van der Waals surface area contributed by atoms with Gasteiger partial charge in [0.1, 0.15) is 0 Å². The normalized spacial score (nSPS) is 36.3. The van der Waals surface area contributed by atoms with Crippen molar-refractivity contribution in [1.82, 2.24) is 9.80 Å². The largest absolute Gasteiger partial charge is 0.339 e. The lowest BCUT2D eigenvalue weighted by molar-refractivity contribution is -0.143. The van der Waals surface area contributed by atoms with E-state index in [1.54, 1.807) is 0 Å². The van der Waals surface area contributed by atoms with Crippen LogP contribution in [0.25, 0.3) is 0 Å². The van der Waals surface area contributed by atoms with E-state index in [0.29, 0.717) is 11.8 Å². The van der Waals surface area contributed by atoms with Crippen molar-refractivity contribution < 1.29 is 4.79 Å². The standard InChI is InChI=1S/C15H29N3O/c1-11-6-5-7-12(16)13(11)14(19)18-9-8-17(4)15(2,3)10-18/h11-13H,5-10,16H2,1-4H3. The number of carbonyl (C=O) groups excluding carboxylic acids is 1. The molecular formula is C15H29N3O. The first-order chi connectivity index (χ1) is 8.83. The van der Waals surface area contributed by atoms with Gasteiger partial charge in [-0.05, 0) is 39.7 Å². The van der Waals surface area contributed by atoms with Gasteiger partial charge in [0.2, 0.25) is 5.91 Å². The Morgan fingerprint density at radius 3 is 2.53 bits per heavy atom. The van der Waals surface area contributed by atoms with Crippen LogP contribution in [0.2, 0.25) is 0 Å². The van der Waals surface area contributed by atoms with Crippen molar-refractivity contribution in [1.29, 1.82) is 0 Å². The van der Waals surface area contributed by atoms with Crippen LogP contribution in [0, 0.1) is 11.8 Å². The molecule has 0 aromatic heterocycles. The fourth-order valence-corrected chi connectivity index (χ4v) is 3.52. The molecule has 2 N–H and O–H groups in total. The molecule has 0 spiro atoms. The first-order valence-corrected chi connectivity index (χ1v) is 7.58. The van der Waals surface area contributed by atoms with Crippen LogP contribution >= 0.6 is 0 Å². The third-order valence-electron chi connectivity index (χ3n) is 5.18. The maximum atomic E-state index is 12.8. The predicted octanol–water partition coefficient (Wildman–Crippen LogP) is 1.30. The molecule has 0 aromatic rings. The maximum absolute atomic E-state index is 12.8. The SMILES string of the molecule is CC1CCCC(N)C1C(=O)N1CCN(C)C(C)(C)C1. The van der Waals surface area contributed by atoms with Crippen LogP contribution in [0.4, 0.5) is 0 Å². The van der Waals surface area contributed by atoms with Gasteiger partial charge < -0.3 is 10.6 Å². The monoisotopic (exact) mass is 267 g/mol. The van der Waals surface area contributed by atoms with Crippen molar-refractivity contribution in [3.8, 4) is 0 Å². The zero-order valence-corrected chi connectivity index (χ0v) is 12.9. The summed E-state index contributed by atoms with van der Waals surface area (Å²) in [5.41, 5.74) is 6.28. The van der Waals surface area contributed by atoms with Crippen LogP contribution in [-0.4, -0.2) is 54.0 Å². The van der Waals surface area contributed by atoms with E-state index in [1.807, 2.05) is 4.90 Å². The number of hydrogen-bond donors (Lipinski definition) is 1. The molecule has 4 nitrogen and oxygen atoms in total. The quantitative estimate of drug-likeness (QED) is 0.779. The van der Waals surface area contributed by atoms with Crippen LogP contribution in [0.3, 0.4) is 0 Å². The second kappa shape index (κ2) is 5.41. The summed E-state index contributed by atoms with van der Waals surface area (Å²) in [6.45, 7) is 9.21. The Kier molecular flexibility index (Phi) is 4.21. The van der Waals surface area contributed by atoms with E-state index in [9.17, 15) is 4.79 Å². The van der Waals surface area contributed by atoms with Crippen molar-refractivity contribution in [2.24, 2.45) is 17.6 Å². The fraction of sp³-hybridized carbons (Fsp3) is 0.933. The summed E-state index contributed by atoms with van der Waals surface area (Å²) in [6.07, 6.45) is 3.31. The van der Waals surface area contributed by atoms with E-state index in [1.165, 1.54) is 6.42 Å². The van der Waals surface area contributed by atoms with Crippen molar-refractivity contribution in [2.75, 3.05) is 26.7 Å². The van der Waals surface area contributed by atoms with E-state index >= 15 is 0 Å². The molecule has 1 amide bonds. The topological polar surface area (TPSA) is 49.6 Å². The number of hydrogen-bond acceptors (Lipinski definition) is 3. The summed E-state index contributed by atoms with van der Waals surface area (Å²) in [4.78, 5) is 17.2. The minimum Gasteiger partial charge on any atom is -0.339 e. The average molecular weight is 267 g/mol. The second-order valence-electron chi connectivity index (χ2n) is 7.09. The molecule has 1 aliphatic heterocycles. The predicted molar refractivity (Wildman–Crippen MR) is 77.8 cm³/mol. The Hall–Kier alpha value is -0.610. The second-order valence-corrected chi connectivity index (χ2v) is 7.09. The van der Waals surface area contributed by atoms with Gasteiger partial charge in [-0.1, -0.05) is 13.3 Å². The molecule has 1 saturated carbocycles. The van der Waals surface area contributed by atoms with Crippen LogP contribution in [0.15, 0.2) is 0 Å². The van der Waals surface area contributed by atoms with Crippen molar-refractivity contribution in [3.05, 3.63) is 0 Å². The number of rotatable bonds is 1. The number of piperazine rings is 1. The summed E-state index contributed by atoms with van der Waals surface area (Å²) in [5.74, 6) is 0.757. The van der Waals surface area contributed by atoms with Gasteiger partial charge in [-0.15, -0.1) is 0 Å². The van der Waals surface area contributed by atoms with Gasteiger partial charge in [-0.3, -0.25) is 9.69 Å². The molecule has 0 radical (unpaired) electrons. The molecule has 19 heavy (non-hydrogen) atoms. The molecule has 3 atom stereocenters. The molecule has 1 saturated heterocycles. The summed E-state index contributed by atoms with van der Waals surface area (Å²) in [5, 5.41) is 0. The van der Waals surface area contributed by atoms with Crippen molar-refractivity contribution >= 4 is 5.91 Å². The van der Waals surface area contributed by atoms with E-state index in [4.69, 9.17) is 5.73 Å². The Balaban J connectivity index is 2.07. The zero-order chi connectivity index (χ0) is 14.2. The highest BCUT2D eigenvalue weighted by atomic mass is 16.2. The van der Waals surface area contributed by atoms with E-state index in [2.05, 4.69) is 32.7 Å². The van der Waals surface area contributed by atoms with Gasteiger partial charge in [0.15, 0.2) is 0 Å². The molecule has 2 rings (SSSR count). The summed E-state index contributed by atoms with van der Waals surface area (Å²) < 4.78 is 0. The zero-order valence-electron chi connectivity index (χ0n) is 12.9. The highest BCUT2D eigenvalue weighted by Crippen LogP contribution is 2.31. The fourth-order valence-electron chi connectivity index (χ4n) is 3.52. The molecule has 1 heterocycles. The van der Waals surface area contributed by atoms with Gasteiger partial charge in [-0.2, -0.15) is 0 Å². The molecule has 2 aliphatic rings. The lowest BCUT2D eigenvalue weighted by Gasteiger charge is -2.47. The minimum absolute atomic E-state index is 0.0351. The highest BCUT2D eigenvalue weighted by molar-refractivity contribution is 5.80. The van der Waals surface area contributed by atoms with E-state index < -0.39 is 0 Å². The average Bonchev–Trinajstić information content (AvgIpc) is 2.32. The third-order valence-corrected chi connectivity index (χ3v) is 5.18. The maximum Gasteiger partial charge on any atom is 0.227 e. The molecule has 4 heteroatoms. The first-order valence-electron chi connectivity index (χ1n) is 7.58. The van der Waals surface area contributed by atoms with Gasteiger partial charge in [0.25, 0.3) is 0 Å². The van der Waals surface area contributed by atoms with Crippen LogP contribution in [-0.2, 0) is 4.79 Å². The van der Waals surface area contributed by atoms with Crippen LogP contribution in [0.5, 0.6) is 0 Å². The number of nitrogens with two attached hydrogens (primary N) is 1. The molecule has 2 fully saturated rings. The van der Waals surface area contributed by atoms with Gasteiger partial charge in [-0.25, -0.2) is 0 Å². The van der Waals surface area contributed by atoms with Gasteiger partial charge in [0, 0.05) is 31.2 Å². The van der Waals surface area contributed by atoms with Crippen LogP contribution in [0.1, 0.15) is 40.0 Å². The number of nitrogens with zero attached hydrogens (tertiary/aromatic N) is 2. The van der Waals surface area contributed by atoms with Crippen molar-refractivity contribution in [2.45, 2.75) is 51.6 Å². The molecule has 1 aliphatic carbocycles. The highest BCUT2D eigenvalue weighted by Gasteiger charge is 2.40. The molecule has 0 bridgehead atoms. The Bertz CT molecular complexity index is 332. The van der Waals surface area contributed by atoms with Crippen molar-refractivity contribution in [3.63, 3.8) is 0 Å². The van der Waals surface area contributed by atoms with Gasteiger partial charge in [0.05, 0.1) is 5.92 Å². The molecule has 0 aromatic carbocycles. The third kappa shape index (κ3) is 2.95. The summed E-state index contributed by atoms with van der Waals surface area (Å²) in [6, 6.07) is 0.0546. The smallest absolute Gasteiger partial charge is 0.227 e. The summed E-state index contributed by atoms with van der Waals surface area (Å²) in [7, 11) is 2.14. The van der Waals surface area contributed by atoms with E-state index in [0.717, 1.165) is 32.5 Å². The molecular weight excluding hydrogens is 238 g/mol. The lowest BCUT2D eigenvalue weighted by atomic mass is 9.76. The summed E-state index contributed by atoms with van der Waals surface area (Å²) >= 11 is 0. The van der Waals surface area contributed by atoms with Crippen LogP contribution < -0.4 is 5.73 Å². The lowest BCUT2D eigenvalue weighted by Crippen LogP contribution is -2.61. The Labute approximate surface area is 117 Å².